The van der Waals surface area contributed by atoms with Gasteiger partial charge in [0, 0.05) is 0 Å². The fourth-order valence-corrected chi connectivity index (χ4v) is 0.451. The number of alkyl halides is 4. The summed E-state index contributed by atoms with van der Waals surface area (Å²) in [6, 6.07) is 0. The Morgan fingerprint density at radius 2 is 1.08 bits per heavy atom. The molecule has 2 amide bonds. The minimum Gasteiger partial charge on any atom is -0.270 e. The summed E-state index contributed by atoms with van der Waals surface area (Å²) < 4.78 is 0. The predicted molar refractivity (Wildman–Crippen MR) is 47.3 cm³/mol. The summed E-state index contributed by atoms with van der Waals surface area (Å²) in [6.45, 7) is 0. The second-order valence-corrected chi connectivity index (χ2v) is 3.77. The van der Waals surface area contributed by atoms with Crippen molar-refractivity contribution in [3.8, 4) is 0 Å². The molecule has 0 radical (unpaired) electrons. The smallest absolute Gasteiger partial charge is 0.270 e. The number of carbonyl (C=O) groups excluding carboxylic acids is 2. The van der Waals surface area contributed by atoms with E-state index >= 15 is 0 Å². The summed E-state index contributed by atoms with van der Waals surface area (Å²) in [5.74, 6) is -1.53. The molecule has 12 heavy (non-hydrogen) atoms. The number of carbonyl (C=O) groups is 2. The lowest BCUT2D eigenvalue weighted by atomic mass is 10.7. The van der Waals surface area contributed by atoms with Crippen molar-refractivity contribution in [2.45, 2.75) is 9.67 Å². The molecule has 8 heteroatoms. The van der Waals surface area contributed by atoms with Gasteiger partial charge in [-0.2, -0.15) is 0 Å². The maximum absolute atomic E-state index is 10.6. The molecule has 0 aliphatic heterocycles. The Labute approximate surface area is 88.4 Å². The van der Waals surface area contributed by atoms with E-state index in [1.54, 1.807) is 0 Å². The SMILES string of the molecule is O=C(NNC(=O)C(Cl)Cl)C(Cl)Cl. The lowest BCUT2D eigenvalue weighted by molar-refractivity contribution is -0.127. The van der Waals surface area contributed by atoms with Crippen molar-refractivity contribution in [1.29, 1.82) is 0 Å². The van der Waals surface area contributed by atoms with Crippen LogP contribution in [0.5, 0.6) is 0 Å². The average molecular weight is 254 g/mol. The predicted octanol–water partition coefficient (Wildman–Crippen LogP) is 0.741. The van der Waals surface area contributed by atoms with Crippen molar-refractivity contribution >= 4 is 58.2 Å². The van der Waals surface area contributed by atoms with Gasteiger partial charge >= 0.3 is 0 Å². The summed E-state index contributed by atoms with van der Waals surface area (Å²) in [5, 5.41) is 0. The molecule has 0 saturated heterocycles. The minimum atomic E-state index is -1.26. The third kappa shape index (κ3) is 4.87. The molecular weight excluding hydrogens is 250 g/mol. The van der Waals surface area contributed by atoms with Crippen molar-refractivity contribution in [3.63, 3.8) is 0 Å². The Morgan fingerprint density at radius 1 is 0.833 bits per heavy atom. The highest BCUT2D eigenvalue weighted by Crippen LogP contribution is 2.01. The molecule has 0 saturated carbocycles. The number of rotatable bonds is 2. The van der Waals surface area contributed by atoms with Gasteiger partial charge in [-0.3, -0.25) is 20.4 Å². The van der Waals surface area contributed by atoms with E-state index in [1.165, 1.54) is 0 Å². The highest BCUT2D eigenvalue weighted by atomic mass is 35.5. The molecular formula is C4H4Cl4N2O2. The molecule has 0 aromatic carbocycles. The molecule has 0 aliphatic rings. The Morgan fingerprint density at radius 3 is 1.25 bits per heavy atom. The first-order valence-corrected chi connectivity index (χ1v) is 4.35. The van der Waals surface area contributed by atoms with Gasteiger partial charge in [-0.05, 0) is 0 Å². The largest absolute Gasteiger partial charge is 0.271 e. The fraction of sp³-hybridized carbons (Fsp3) is 0.500. The monoisotopic (exact) mass is 252 g/mol. The number of nitrogens with one attached hydrogen (secondary N) is 2. The first kappa shape index (κ1) is 12.1. The minimum absolute atomic E-state index is 0.763. The normalized spacial score (nSPS) is 10.2. The maximum atomic E-state index is 10.6. The first-order valence-electron chi connectivity index (χ1n) is 2.61. The van der Waals surface area contributed by atoms with Crippen LogP contribution in [0.25, 0.3) is 0 Å². The zero-order valence-corrected chi connectivity index (χ0v) is 8.51. The molecule has 0 aromatic rings. The second kappa shape index (κ2) is 5.70. The third-order valence-corrected chi connectivity index (χ3v) is 1.50. The lowest BCUT2D eigenvalue weighted by Gasteiger charge is -2.06. The number of hydrazine groups is 1. The van der Waals surface area contributed by atoms with E-state index in [9.17, 15) is 9.59 Å². The van der Waals surface area contributed by atoms with Gasteiger partial charge in [-0.25, -0.2) is 0 Å². The van der Waals surface area contributed by atoms with Crippen LogP contribution in [-0.4, -0.2) is 21.5 Å². The average Bonchev–Trinajstić information content (AvgIpc) is 1.98. The van der Waals surface area contributed by atoms with Crippen LogP contribution >= 0.6 is 46.4 Å². The van der Waals surface area contributed by atoms with Gasteiger partial charge in [0.2, 0.25) is 0 Å². The van der Waals surface area contributed by atoms with E-state index in [2.05, 4.69) is 0 Å². The van der Waals surface area contributed by atoms with Crippen LogP contribution in [0.15, 0.2) is 0 Å². The quantitative estimate of drug-likeness (QED) is 0.564. The van der Waals surface area contributed by atoms with E-state index in [0.29, 0.717) is 0 Å². The van der Waals surface area contributed by atoms with E-state index in [-0.39, 0.29) is 0 Å². The summed E-state index contributed by atoms with van der Waals surface area (Å²) in [7, 11) is 0. The fourth-order valence-electron chi connectivity index (χ4n) is 0.232. The van der Waals surface area contributed by atoms with Crippen LogP contribution in [0, 0.1) is 0 Å². The van der Waals surface area contributed by atoms with Crippen molar-refractivity contribution in [3.05, 3.63) is 0 Å². The number of amides is 2. The van der Waals surface area contributed by atoms with Gasteiger partial charge in [0.1, 0.15) is 0 Å². The van der Waals surface area contributed by atoms with Crippen LogP contribution < -0.4 is 10.9 Å². The maximum Gasteiger partial charge on any atom is 0.271 e. The van der Waals surface area contributed by atoms with Gasteiger partial charge in [0.15, 0.2) is 9.67 Å². The second-order valence-electron chi connectivity index (χ2n) is 1.58. The molecule has 0 unspecified atom stereocenters. The Kier molecular flexibility index (Phi) is 5.74. The standard InChI is InChI=1S/C4H4Cl4N2O2/c5-1(6)3(11)9-10-4(12)2(7)8/h1-2H,(H,9,11)(H,10,12). The van der Waals surface area contributed by atoms with Crippen LogP contribution in [0.3, 0.4) is 0 Å². The topological polar surface area (TPSA) is 58.2 Å². The van der Waals surface area contributed by atoms with E-state index in [1.807, 2.05) is 10.9 Å². The number of hydrogen-bond donors (Lipinski definition) is 2. The van der Waals surface area contributed by atoms with Crippen LogP contribution in [0.4, 0.5) is 0 Å². The Hall–Kier alpha value is 0.1000. The number of halogens is 4. The molecule has 0 bridgehead atoms. The van der Waals surface area contributed by atoms with Crippen molar-refractivity contribution in [2.75, 3.05) is 0 Å². The molecule has 0 rings (SSSR count). The summed E-state index contributed by atoms with van der Waals surface area (Å²) >= 11 is 20.5. The summed E-state index contributed by atoms with van der Waals surface area (Å²) in [4.78, 5) is 18.7. The lowest BCUT2D eigenvalue weighted by Crippen LogP contribution is -2.45. The molecule has 2 N–H and O–H groups in total. The first-order chi connectivity index (χ1) is 5.45. The van der Waals surface area contributed by atoms with Crippen molar-refractivity contribution in [1.82, 2.24) is 10.9 Å². The molecule has 0 atom stereocenters. The van der Waals surface area contributed by atoms with Crippen molar-refractivity contribution < 1.29 is 9.59 Å². The highest BCUT2D eigenvalue weighted by Gasteiger charge is 2.15. The van der Waals surface area contributed by atoms with Crippen LogP contribution in [0.2, 0.25) is 0 Å². The molecule has 0 aromatic heterocycles. The van der Waals surface area contributed by atoms with E-state index in [4.69, 9.17) is 46.4 Å². The molecule has 0 heterocycles. The van der Waals surface area contributed by atoms with E-state index < -0.39 is 21.5 Å². The van der Waals surface area contributed by atoms with Gasteiger partial charge in [-0.15, -0.1) is 0 Å². The third-order valence-electron chi connectivity index (χ3n) is 0.705. The van der Waals surface area contributed by atoms with Crippen LogP contribution in [0.1, 0.15) is 0 Å². The zero-order valence-electron chi connectivity index (χ0n) is 5.48. The molecule has 4 nitrogen and oxygen atoms in total. The Balaban J connectivity index is 3.69. The van der Waals surface area contributed by atoms with Gasteiger partial charge in [0.25, 0.3) is 11.8 Å². The molecule has 70 valence electrons. The van der Waals surface area contributed by atoms with Gasteiger partial charge in [0.05, 0.1) is 0 Å². The Bertz CT molecular complexity index is 164. The van der Waals surface area contributed by atoms with E-state index in [0.717, 1.165) is 0 Å². The molecule has 0 spiro atoms. The van der Waals surface area contributed by atoms with Gasteiger partial charge in [-0.1, -0.05) is 46.4 Å². The van der Waals surface area contributed by atoms with Crippen molar-refractivity contribution in [2.24, 2.45) is 0 Å². The summed E-state index contributed by atoms with van der Waals surface area (Å²) in [6.07, 6.45) is 0. The molecule has 0 aliphatic carbocycles. The summed E-state index contributed by atoms with van der Waals surface area (Å²) in [5.41, 5.74) is 3.78. The van der Waals surface area contributed by atoms with Crippen LogP contribution in [-0.2, 0) is 9.59 Å². The zero-order chi connectivity index (χ0) is 9.72. The number of hydrogen-bond acceptors (Lipinski definition) is 2. The molecule has 0 fully saturated rings. The van der Waals surface area contributed by atoms with Gasteiger partial charge < -0.3 is 0 Å². The highest BCUT2D eigenvalue weighted by molar-refractivity contribution is 6.54.